The topological polar surface area (TPSA) is 22.0 Å². The number of alkyl halides is 3. The maximum Gasteiger partial charge on any atom is 0.416 e. The first-order valence-electron chi connectivity index (χ1n) is 4.56. The summed E-state index contributed by atoms with van der Waals surface area (Å²) in [6.07, 6.45) is -2.94. The van der Waals surface area contributed by atoms with Crippen LogP contribution in [-0.4, -0.2) is 4.57 Å². The second kappa shape index (κ2) is 3.37. The predicted molar refractivity (Wildman–Crippen MR) is 54.2 cm³/mol. The van der Waals surface area contributed by atoms with E-state index in [4.69, 9.17) is 0 Å². The number of hydrogen-bond donors (Lipinski definition) is 0. The monoisotopic (exact) mass is 227 g/mol. The van der Waals surface area contributed by atoms with Crippen LogP contribution in [0.1, 0.15) is 5.56 Å². The van der Waals surface area contributed by atoms with Gasteiger partial charge in [-0.1, -0.05) is 0 Å². The summed E-state index contributed by atoms with van der Waals surface area (Å²) in [5, 5.41) is 0.290. The number of benzene rings is 1. The summed E-state index contributed by atoms with van der Waals surface area (Å²) in [6.45, 7) is 0. The van der Waals surface area contributed by atoms with Gasteiger partial charge in [-0.15, -0.1) is 0 Å². The van der Waals surface area contributed by atoms with Crippen LogP contribution in [0.5, 0.6) is 0 Å². The fourth-order valence-electron chi connectivity index (χ4n) is 1.56. The molecule has 2 nitrogen and oxygen atoms in total. The van der Waals surface area contributed by atoms with Crippen molar-refractivity contribution in [3.8, 4) is 0 Å². The number of pyridine rings is 1. The average molecular weight is 227 g/mol. The number of aryl methyl sites for hydroxylation is 1. The fourth-order valence-corrected chi connectivity index (χ4v) is 1.56. The number of aromatic nitrogens is 1. The zero-order valence-corrected chi connectivity index (χ0v) is 8.38. The van der Waals surface area contributed by atoms with Crippen LogP contribution in [-0.2, 0) is 13.2 Å². The van der Waals surface area contributed by atoms with Crippen LogP contribution >= 0.6 is 0 Å². The van der Waals surface area contributed by atoms with Crippen molar-refractivity contribution in [2.75, 3.05) is 0 Å². The van der Waals surface area contributed by atoms with Crippen molar-refractivity contribution in [1.29, 1.82) is 0 Å². The molecule has 0 saturated heterocycles. The van der Waals surface area contributed by atoms with Crippen molar-refractivity contribution in [2.45, 2.75) is 6.18 Å². The average Bonchev–Trinajstić information content (AvgIpc) is 2.22. The Bertz CT molecular complexity index is 598. The molecule has 0 fully saturated rings. The van der Waals surface area contributed by atoms with Gasteiger partial charge in [0.2, 0.25) is 0 Å². The van der Waals surface area contributed by atoms with Gasteiger partial charge in [-0.2, -0.15) is 13.2 Å². The standard InChI is InChI=1S/C11H8F3NO/c1-15-5-4-10(16)8-3-2-7(6-9(8)15)11(12,13)14/h2-6H,1H3. The van der Waals surface area contributed by atoms with Crippen LogP contribution in [0.4, 0.5) is 13.2 Å². The first-order chi connectivity index (χ1) is 7.39. The van der Waals surface area contributed by atoms with Gasteiger partial charge >= 0.3 is 6.18 Å². The molecule has 1 aromatic heterocycles. The van der Waals surface area contributed by atoms with Crippen molar-refractivity contribution in [1.82, 2.24) is 4.57 Å². The molecule has 5 heteroatoms. The highest BCUT2D eigenvalue weighted by atomic mass is 19.4. The summed E-state index contributed by atoms with van der Waals surface area (Å²) >= 11 is 0. The highest BCUT2D eigenvalue weighted by Crippen LogP contribution is 2.30. The Labute approximate surface area is 88.9 Å². The van der Waals surface area contributed by atoms with E-state index in [0.717, 1.165) is 12.1 Å². The molecule has 0 radical (unpaired) electrons. The lowest BCUT2D eigenvalue weighted by atomic mass is 10.1. The van der Waals surface area contributed by atoms with E-state index >= 15 is 0 Å². The Morgan fingerprint density at radius 1 is 1.19 bits per heavy atom. The van der Waals surface area contributed by atoms with Gasteiger partial charge in [0.15, 0.2) is 5.43 Å². The normalized spacial score (nSPS) is 12.0. The molecule has 0 N–H and O–H groups in total. The van der Waals surface area contributed by atoms with Crippen LogP contribution in [0, 0.1) is 0 Å². The number of fused-ring (bicyclic) bond motifs is 1. The van der Waals surface area contributed by atoms with E-state index in [1.807, 2.05) is 0 Å². The molecule has 0 spiro atoms. The first-order valence-corrected chi connectivity index (χ1v) is 4.56. The molecule has 0 aliphatic carbocycles. The van der Waals surface area contributed by atoms with Gasteiger partial charge in [0.1, 0.15) is 0 Å². The minimum atomic E-state index is -4.39. The Hall–Kier alpha value is -1.78. The molecular weight excluding hydrogens is 219 g/mol. The zero-order chi connectivity index (χ0) is 11.9. The summed E-state index contributed by atoms with van der Waals surface area (Å²) in [5.74, 6) is 0. The van der Waals surface area contributed by atoms with Crippen molar-refractivity contribution in [3.05, 3.63) is 46.2 Å². The van der Waals surface area contributed by atoms with Crippen LogP contribution in [0.2, 0.25) is 0 Å². The minimum Gasteiger partial charge on any atom is -0.350 e. The maximum absolute atomic E-state index is 12.5. The van der Waals surface area contributed by atoms with Crippen LogP contribution in [0.15, 0.2) is 35.3 Å². The van der Waals surface area contributed by atoms with E-state index in [2.05, 4.69) is 0 Å². The fraction of sp³-hybridized carbons (Fsp3) is 0.182. The zero-order valence-electron chi connectivity index (χ0n) is 8.38. The number of rotatable bonds is 0. The van der Waals surface area contributed by atoms with Gasteiger partial charge in [-0.3, -0.25) is 4.79 Å². The number of nitrogens with zero attached hydrogens (tertiary/aromatic N) is 1. The Balaban J connectivity index is 2.81. The van der Waals surface area contributed by atoms with Gasteiger partial charge in [-0.25, -0.2) is 0 Å². The molecule has 84 valence electrons. The first kappa shape index (κ1) is 10.7. The Morgan fingerprint density at radius 3 is 2.50 bits per heavy atom. The van der Waals surface area contributed by atoms with Crippen molar-refractivity contribution in [2.24, 2.45) is 7.05 Å². The van der Waals surface area contributed by atoms with E-state index < -0.39 is 11.7 Å². The second-order valence-electron chi connectivity index (χ2n) is 3.52. The summed E-state index contributed by atoms with van der Waals surface area (Å²) < 4.78 is 38.9. The lowest BCUT2D eigenvalue weighted by Gasteiger charge is -2.09. The molecule has 0 aliphatic rings. The largest absolute Gasteiger partial charge is 0.416 e. The molecule has 0 saturated carbocycles. The molecular formula is C11H8F3NO. The van der Waals surface area contributed by atoms with E-state index in [9.17, 15) is 18.0 Å². The van der Waals surface area contributed by atoms with Crippen LogP contribution in [0.25, 0.3) is 10.9 Å². The molecule has 0 unspecified atom stereocenters. The third kappa shape index (κ3) is 1.68. The molecule has 0 bridgehead atoms. The molecule has 0 atom stereocenters. The van der Waals surface area contributed by atoms with E-state index in [-0.39, 0.29) is 16.3 Å². The van der Waals surface area contributed by atoms with E-state index in [1.165, 1.54) is 22.9 Å². The summed E-state index contributed by atoms with van der Waals surface area (Å²) in [6, 6.07) is 4.44. The Kier molecular flexibility index (Phi) is 2.26. The maximum atomic E-state index is 12.5. The lowest BCUT2D eigenvalue weighted by molar-refractivity contribution is -0.137. The summed E-state index contributed by atoms with van der Waals surface area (Å²) in [5.41, 5.74) is -0.745. The van der Waals surface area contributed by atoms with Crippen LogP contribution in [0.3, 0.4) is 0 Å². The van der Waals surface area contributed by atoms with Gasteiger partial charge in [0.25, 0.3) is 0 Å². The van der Waals surface area contributed by atoms with Crippen molar-refractivity contribution in [3.63, 3.8) is 0 Å². The quantitative estimate of drug-likeness (QED) is 0.678. The molecule has 16 heavy (non-hydrogen) atoms. The van der Waals surface area contributed by atoms with Gasteiger partial charge in [0, 0.05) is 24.7 Å². The van der Waals surface area contributed by atoms with Gasteiger partial charge < -0.3 is 4.57 Å². The highest BCUT2D eigenvalue weighted by molar-refractivity contribution is 5.79. The van der Waals surface area contributed by atoms with E-state index in [1.54, 1.807) is 7.05 Å². The molecule has 1 heterocycles. The number of halogens is 3. The smallest absolute Gasteiger partial charge is 0.350 e. The summed E-state index contributed by atoms with van der Waals surface area (Å²) in [4.78, 5) is 11.4. The molecule has 2 rings (SSSR count). The predicted octanol–water partition coefficient (Wildman–Crippen LogP) is 2.56. The minimum absolute atomic E-state index is 0.276. The van der Waals surface area contributed by atoms with Crippen molar-refractivity contribution >= 4 is 10.9 Å². The van der Waals surface area contributed by atoms with Gasteiger partial charge in [0.05, 0.1) is 11.1 Å². The van der Waals surface area contributed by atoms with Gasteiger partial charge in [-0.05, 0) is 18.2 Å². The number of hydrogen-bond acceptors (Lipinski definition) is 1. The summed E-state index contributed by atoms with van der Waals surface area (Å²) in [7, 11) is 1.60. The molecule has 1 aromatic carbocycles. The third-order valence-corrected chi connectivity index (χ3v) is 2.42. The van der Waals surface area contributed by atoms with Crippen molar-refractivity contribution < 1.29 is 13.2 Å². The third-order valence-electron chi connectivity index (χ3n) is 2.42. The molecule has 0 aliphatic heterocycles. The SMILES string of the molecule is Cn1ccc(=O)c2ccc(C(F)(F)F)cc21. The molecule has 2 aromatic rings. The van der Waals surface area contributed by atoms with Crippen LogP contribution < -0.4 is 5.43 Å². The Morgan fingerprint density at radius 2 is 1.88 bits per heavy atom. The lowest BCUT2D eigenvalue weighted by Crippen LogP contribution is -2.09. The highest BCUT2D eigenvalue weighted by Gasteiger charge is 2.30. The molecule has 0 amide bonds. The van der Waals surface area contributed by atoms with E-state index in [0.29, 0.717) is 0 Å². The second-order valence-corrected chi connectivity index (χ2v) is 3.52.